The molecule has 62 valence electrons. The number of aromatic nitrogens is 1. The number of aliphatic imine (C=N–C) groups is 1. The van der Waals surface area contributed by atoms with Crippen molar-refractivity contribution in [2.45, 2.75) is 6.43 Å². The van der Waals surface area contributed by atoms with E-state index in [4.69, 9.17) is 0 Å². The van der Waals surface area contributed by atoms with Gasteiger partial charge < -0.3 is 0 Å². The summed E-state index contributed by atoms with van der Waals surface area (Å²) in [5.41, 5.74) is -0.127. The van der Waals surface area contributed by atoms with Crippen molar-refractivity contribution >= 4 is 23.2 Å². The van der Waals surface area contributed by atoms with Gasteiger partial charge in [-0.2, -0.15) is 4.99 Å². The van der Waals surface area contributed by atoms with Crippen LogP contribution in [0.5, 0.6) is 0 Å². The monoisotopic (exact) mass is 186 g/mol. The zero-order chi connectivity index (χ0) is 8.97. The highest BCUT2D eigenvalue weighted by Crippen LogP contribution is 2.18. The van der Waals surface area contributed by atoms with Gasteiger partial charge in [-0.15, -0.1) is 0 Å². The molecule has 1 aromatic rings. The van der Waals surface area contributed by atoms with Crippen LogP contribution in [0.3, 0.4) is 0 Å². The van der Waals surface area contributed by atoms with Crippen molar-refractivity contribution in [1.29, 1.82) is 0 Å². The Balaban J connectivity index is 2.92. The molecule has 0 unspecified atom stereocenters. The molecule has 12 heavy (non-hydrogen) atoms. The lowest BCUT2D eigenvalue weighted by Gasteiger charge is -1.96. The maximum absolute atomic E-state index is 12.0. The summed E-state index contributed by atoms with van der Waals surface area (Å²) in [6.07, 6.45) is -1.43. The first kappa shape index (κ1) is 8.90. The molecule has 0 aliphatic carbocycles. The highest BCUT2D eigenvalue weighted by molar-refractivity contribution is 7.78. The van der Waals surface area contributed by atoms with E-state index in [0.29, 0.717) is 0 Å². The Morgan fingerprint density at radius 2 is 2.25 bits per heavy atom. The minimum absolute atomic E-state index is 0.127. The third kappa shape index (κ3) is 2.15. The molecule has 1 aromatic heterocycles. The molecule has 0 bridgehead atoms. The van der Waals surface area contributed by atoms with Gasteiger partial charge in [0, 0.05) is 11.8 Å². The number of rotatable bonds is 2. The Kier molecular flexibility index (Phi) is 2.96. The van der Waals surface area contributed by atoms with Crippen molar-refractivity contribution < 1.29 is 8.78 Å². The summed E-state index contributed by atoms with van der Waals surface area (Å²) in [4.78, 5) is 7.13. The Hall–Kier alpha value is -1.19. The minimum atomic E-state index is -2.50. The van der Waals surface area contributed by atoms with Crippen LogP contribution in [0.25, 0.3) is 0 Å². The van der Waals surface area contributed by atoms with Crippen LogP contribution in [0.4, 0.5) is 14.6 Å². The molecule has 0 aromatic carbocycles. The van der Waals surface area contributed by atoms with Gasteiger partial charge in [-0.25, -0.2) is 13.8 Å². The summed E-state index contributed by atoms with van der Waals surface area (Å²) in [5, 5.41) is 2.09. The highest BCUT2D eigenvalue weighted by Gasteiger charge is 2.05. The third-order valence-corrected chi connectivity index (χ3v) is 1.27. The van der Waals surface area contributed by atoms with Crippen LogP contribution in [0.1, 0.15) is 12.0 Å². The molecule has 0 fully saturated rings. The molecule has 0 atom stereocenters. The maximum atomic E-state index is 12.0. The first-order valence-electron chi connectivity index (χ1n) is 3.06. The first-order chi connectivity index (χ1) is 5.74. The normalized spacial score (nSPS) is 9.58. The molecule has 2 nitrogen and oxygen atoms in total. The summed E-state index contributed by atoms with van der Waals surface area (Å²) in [5.74, 6) is 0.286. The largest absolute Gasteiger partial charge is 0.265 e. The predicted molar refractivity (Wildman–Crippen MR) is 43.9 cm³/mol. The van der Waals surface area contributed by atoms with Gasteiger partial charge in [-0.3, -0.25) is 0 Å². The van der Waals surface area contributed by atoms with Crippen LogP contribution < -0.4 is 0 Å². The molecule has 5 heteroatoms. The van der Waals surface area contributed by atoms with Gasteiger partial charge in [0.2, 0.25) is 0 Å². The zero-order valence-corrected chi connectivity index (χ0v) is 6.68. The van der Waals surface area contributed by atoms with Crippen LogP contribution in [0.15, 0.2) is 23.3 Å². The van der Waals surface area contributed by atoms with Gasteiger partial charge in [-0.05, 0) is 24.4 Å². The number of hydrogen-bond acceptors (Lipinski definition) is 3. The standard InChI is InChI=1S/C7H4F2N2S/c8-7(9)5-1-2-6(10-3-5)11-4-12/h1-3,7H. The van der Waals surface area contributed by atoms with Gasteiger partial charge in [0.15, 0.2) is 5.82 Å². The fraction of sp³-hybridized carbons (Fsp3) is 0.143. The summed E-state index contributed by atoms with van der Waals surface area (Å²) in [6, 6.07) is 2.62. The predicted octanol–water partition coefficient (Wildman–Crippen LogP) is 2.75. The van der Waals surface area contributed by atoms with E-state index < -0.39 is 6.43 Å². The average Bonchev–Trinajstić information content (AvgIpc) is 2.06. The van der Waals surface area contributed by atoms with Gasteiger partial charge in [0.1, 0.15) is 0 Å². The van der Waals surface area contributed by atoms with Gasteiger partial charge in [0.05, 0.1) is 5.16 Å². The van der Waals surface area contributed by atoms with E-state index in [1.807, 2.05) is 0 Å². The second kappa shape index (κ2) is 3.99. The van der Waals surface area contributed by atoms with E-state index in [-0.39, 0.29) is 11.4 Å². The van der Waals surface area contributed by atoms with Gasteiger partial charge in [0.25, 0.3) is 6.43 Å². The quantitative estimate of drug-likeness (QED) is 0.524. The Bertz CT molecular complexity index is 304. The molecule has 1 rings (SSSR count). The molecule has 1 heterocycles. The van der Waals surface area contributed by atoms with Gasteiger partial charge >= 0.3 is 0 Å². The zero-order valence-electron chi connectivity index (χ0n) is 5.87. The van der Waals surface area contributed by atoms with Crippen molar-refractivity contribution in [3.05, 3.63) is 23.9 Å². The van der Waals surface area contributed by atoms with Crippen molar-refractivity contribution in [2.24, 2.45) is 4.99 Å². The molecule has 0 saturated carbocycles. The van der Waals surface area contributed by atoms with E-state index in [2.05, 4.69) is 27.4 Å². The Labute approximate surface area is 73.0 Å². The van der Waals surface area contributed by atoms with Crippen LogP contribution in [-0.4, -0.2) is 10.1 Å². The van der Waals surface area contributed by atoms with E-state index in [0.717, 1.165) is 6.20 Å². The highest BCUT2D eigenvalue weighted by atomic mass is 32.1. The SMILES string of the molecule is FC(F)c1ccc(N=C=S)nc1. The number of pyridine rings is 1. The molecule has 0 amide bonds. The lowest BCUT2D eigenvalue weighted by atomic mass is 10.3. The molecule has 0 spiro atoms. The van der Waals surface area contributed by atoms with Crippen molar-refractivity contribution in [1.82, 2.24) is 4.98 Å². The van der Waals surface area contributed by atoms with E-state index >= 15 is 0 Å². The Morgan fingerprint density at radius 3 is 2.67 bits per heavy atom. The second-order valence-electron chi connectivity index (χ2n) is 1.95. The molecular weight excluding hydrogens is 182 g/mol. The molecule has 0 radical (unpaired) electrons. The summed E-state index contributed by atoms with van der Waals surface area (Å²) >= 11 is 4.31. The number of isothiocyanates is 1. The smallest absolute Gasteiger partial charge is 0.236 e. The molecule has 0 aliphatic heterocycles. The van der Waals surface area contributed by atoms with Crippen LogP contribution >= 0.6 is 12.2 Å². The molecule has 0 N–H and O–H groups in total. The number of nitrogens with zero attached hydrogens (tertiary/aromatic N) is 2. The summed E-state index contributed by atoms with van der Waals surface area (Å²) in [6.45, 7) is 0. The molecule has 0 aliphatic rings. The fourth-order valence-corrected chi connectivity index (χ4v) is 0.733. The summed E-state index contributed by atoms with van der Waals surface area (Å²) < 4.78 is 24.0. The number of thiocarbonyl (C=S) groups is 1. The number of hydrogen-bond donors (Lipinski definition) is 0. The van der Waals surface area contributed by atoms with Crippen molar-refractivity contribution in [2.75, 3.05) is 0 Å². The molecule has 0 saturated heterocycles. The third-order valence-electron chi connectivity index (χ3n) is 1.18. The van der Waals surface area contributed by atoms with E-state index in [9.17, 15) is 8.78 Å². The fourth-order valence-electron chi connectivity index (χ4n) is 0.639. The van der Waals surface area contributed by atoms with Gasteiger partial charge in [-0.1, -0.05) is 0 Å². The average molecular weight is 186 g/mol. The maximum Gasteiger partial charge on any atom is 0.265 e. The van der Waals surface area contributed by atoms with Crippen LogP contribution in [-0.2, 0) is 0 Å². The topological polar surface area (TPSA) is 25.2 Å². The second-order valence-corrected chi connectivity index (χ2v) is 2.14. The lowest BCUT2D eigenvalue weighted by molar-refractivity contribution is 0.151. The number of halogens is 2. The molecular formula is C7H4F2N2S. The first-order valence-corrected chi connectivity index (χ1v) is 3.47. The van der Waals surface area contributed by atoms with E-state index in [1.165, 1.54) is 12.1 Å². The van der Waals surface area contributed by atoms with Crippen LogP contribution in [0, 0.1) is 0 Å². The van der Waals surface area contributed by atoms with Crippen LogP contribution in [0.2, 0.25) is 0 Å². The van der Waals surface area contributed by atoms with E-state index in [1.54, 1.807) is 0 Å². The minimum Gasteiger partial charge on any atom is -0.236 e. The van der Waals surface area contributed by atoms with Crippen molar-refractivity contribution in [3.63, 3.8) is 0 Å². The number of alkyl halides is 2. The summed E-state index contributed by atoms with van der Waals surface area (Å²) in [7, 11) is 0. The lowest BCUT2D eigenvalue weighted by Crippen LogP contribution is -1.84. The van der Waals surface area contributed by atoms with Crippen molar-refractivity contribution in [3.8, 4) is 0 Å². The Morgan fingerprint density at radius 1 is 1.50 bits per heavy atom.